The molecule has 2 N–H and O–H groups in total. The van der Waals surface area contributed by atoms with Gasteiger partial charge in [0.15, 0.2) is 0 Å². The highest BCUT2D eigenvalue weighted by molar-refractivity contribution is 9.10. The molecule has 0 radical (unpaired) electrons. The number of anilines is 1. The lowest BCUT2D eigenvalue weighted by Gasteiger charge is -2.02. The molecule has 0 saturated heterocycles. The van der Waals surface area contributed by atoms with Gasteiger partial charge in [0.1, 0.15) is 10.4 Å². The minimum Gasteiger partial charge on any atom is -0.377 e. The minimum atomic E-state index is 0.677. The molecule has 0 amide bonds. The second-order valence-corrected chi connectivity index (χ2v) is 3.57. The minimum absolute atomic E-state index is 0.677. The molecule has 72 valence electrons. The van der Waals surface area contributed by atoms with E-state index in [1.165, 1.54) is 0 Å². The van der Waals surface area contributed by atoms with Crippen LogP contribution in [-0.2, 0) is 6.54 Å². The smallest absolute Gasteiger partial charge is 0.125 e. The molecule has 0 aliphatic rings. The second kappa shape index (κ2) is 4.23. The van der Waals surface area contributed by atoms with E-state index in [0.717, 1.165) is 16.1 Å². The third kappa shape index (κ3) is 2.32. The summed E-state index contributed by atoms with van der Waals surface area (Å²) in [6, 6.07) is 3.85. The Kier molecular flexibility index (Phi) is 2.78. The molecule has 0 aliphatic heterocycles. The van der Waals surface area contributed by atoms with Crippen molar-refractivity contribution in [2.75, 3.05) is 5.32 Å². The van der Waals surface area contributed by atoms with Gasteiger partial charge in [-0.05, 0) is 28.1 Å². The highest BCUT2D eigenvalue weighted by Gasteiger charge is 1.95. The summed E-state index contributed by atoms with van der Waals surface area (Å²) in [6.45, 7) is 0.677. The molecule has 5 heteroatoms. The van der Waals surface area contributed by atoms with Gasteiger partial charge in [0, 0.05) is 12.4 Å². The van der Waals surface area contributed by atoms with E-state index < -0.39 is 0 Å². The molecule has 0 fully saturated rings. The number of nitrogens with zero attached hydrogens (tertiary/aromatic N) is 2. The second-order valence-electron chi connectivity index (χ2n) is 2.76. The van der Waals surface area contributed by atoms with Crippen LogP contribution in [0.4, 0.5) is 5.69 Å². The number of rotatable bonds is 3. The van der Waals surface area contributed by atoms with Gasteiger partial charge in [0.05, 0.1) is 18.4 Å². The number of hydrogen-bond acceptors (Lipinski definition) is 3. The fourth-order valence-electron chi connectivity index (χ4n) is 1.06. The van der Waals surface area contributed by atoms with E-state index in [2.05, 4.69) is 36.2 Å². The number of nitrogens with one attached hydrogen (secondary N) is 2. The molecule has 0 aliphatic carbocycles. The van der Waals surface area contributed by atoms with Crippen LogP contribution in [0.1, 0.15) is 5.82 Å². The van der Waals surface area contributed by atoms with Crippen LogP contribution in [0.3, 0.4) is 0 Å². The standard InChI is InChI=1S/C9H9BrN4/c10-8-2-1-7(5-14-8)13-6-9-11-3-4-12-9/h1-5,13H,6H2,(H,11,12). The Labute approximate surface area is 89.9 Å². The van der Waals surface area contributed by atoms with Crippen molar-refractivity contribution in [3.63, 3.8) is 0 Å². The molecule has 14 heavy (non-hydrogen) atoms. The lowest BCUT2D eigenvalue weighted by molar-refractivity contribution is 0.997. The molecule has 0 aromatic carbocycles. The number of hydrogen-bond donors (Lipinski definition) is 2. The highest BCUT2D eigenvalue weighted by atomic mass is 79.9. The van der Waals surface area contributed by atoms with Crippen molar-refractivity contribution in [2.24, 2.45) is 0 Å². The Morgan fingerprint density at radius 2 is 2.29 bits per heavy atom. The van der Waals surface area contributed by atoms with Crippen LogP contribution in [0.25, 0.3) is 0 Å². The van der Waals surface area contributed by atoms with Gasteiger partial charge in [-0.2, -0.15) is 0 Å². The van der Waals surface area contributed by atoms with Crippen LogP contribution >= 0.6 is 15.9 Å². The first-order valence-electron chi connectivity index (χ1n) is 4.18. The van der Waals surface area contributed by atoms with Crippen molar-refractivity contribution in [3.05, 3.63) is 41.2 Å². The van der Waals surface area contributed by atoms with Crippen molar-refractivity contribution in [1.82, 2.24) is 15.0 Å². The topological polar surface area (TPSA) is 53.6 Å². The molecule has 2 rings (SSSR count). The molecule has 0 atom stereocenters. The average molecular weight is 253 g/mol. The fraction of sp³-hybridized carbons (Fsp3) is 0.111. The van der Waals surface area contributed by atoms with E-state index in [0.29, 0.717) is 6.54 Å². The molecule has 0 unspecified atom stereocenters. The Morgan fingerprint density at radius 1 is 1.36 bits per heavy atom. The summed E-state index contributed by atoms with van der Waals surface area (Å²) >= 11 is 3.28. The lowest BCUT2D eigenvalue weighted by atomic mass is 10.4. The molecule has 0 saturated carbocycles. The van der Waals surface area contributed by atoms with E-state index in [1.54, 1.807) is 18.6 Å². The lowest BCUT2D eigenvalue weighted by Crippen LogP contribution is -2.01. The van der Waals surface area contributed by atoms with Crippen molar-refractivity contribution in [3.8, 4) is 0 Å². The quantitative estimate of drug-likeness (QED) is 0.824. The van der Waals surface area contributed by atoms with Crippen LogP contribution in [-0.4, -0.2) is 15.0 Å². The third-order valence-corrected chi connectivity index (χ3v) is 2.21. The summed E-state index contributed by atoms with van der Waals surface area (Å²) in [5.74, 6) is 0.910. The molecular weight excluding hydrogens is 244 g/mol. The summed E-state index contributed by atoms with van der Waals surface area (Å²) in [4.78, 5) is 11.2. The first kappa shape index (κ1) is 9.21. The van der Waals surface area contributed by atoms with Gasteiger partial charge in [0.2, 0.25) is 0 Å². The molecule has 0 spiro atoms. The molecule has 2 heterocycles. The number of imidazole rings is 1. The number of halogens is 1. The van der Waals surface area contributed by atoms with E-state index in [-0.39, 0.29) is 0 Å². The molecular formula is C9H9BrN4. The Hall–Kier alpha value is -1.36. The Bertz CT molecular complexity index is 382. The van der Waals surface area contributed by atoms with E-state index in [9.17, 15) is 0 Å². The molecule has 2 aromatic heterocycles. The predicted molar refractivity (Wildman–Crippen MR) is 57.9 cm³/mol. The van der Waals surface area contributed by atoms with Crippen LogP contribution < -0.4 is 5.32 Å². The summed E-state index contributed by atoms with van der Waals surface area (Å²) in [5, 5.41) is 3.20. The highest BCUT2D eigenvalue weighted by Crippen LogP contribution is 2.10. The monoisotopic (exact) mass is 252 g/mol. The number of H-pyrrole nitrogens is 1. The zero-order valence-corrected chi connectivity index (χ0v) is 8.95. The normalized spacial score (nSPS) is 10.1. The maximum absolute atomic E-state index is 4.10. The van der Waals surface area contributed by atoms with E-state index >= 15 is 0 Å². The molecule has 4 nitrogen and oxygen atoms in total. The number of pyridine rings is 1. The van der Waals surface area contributed by atoms with Crippen LogP contribution in [0.5, 0.6) is 0 Å². The predicted octanol–water partition coefficient (Wildman–Crippen LogP) is 2.18. The number of aromatic amines is 1. The van der Waals surface area contributed by atoms with Crippen molar-refractivity contribution >= 4 is 21.6 Å². The van der Waals surface area contributed by atoms with Crippen molar-refractivity contribution in [1.29, 1.82) is 0 Å². The number of aromatic nitrogens is 3. The SMILES string of the molecule is Brc1ccc(NCc2ncc[nH]2)cn1. The third-order valence-electron chi connectivity index (χ3n) is 1.74. The molecule has 0 bridgehead atoms. The molecule has 2 aromatic rings. The van der Waals surface area contributed by atoms with Gasteiger partial charge >= 0.3 is 0 Å². The first-order chi connectivity index (χ1) is 6.84. The van der Waals surface area contributed by atoms with Gasteiger partial charge in [-0.15, -0.1) is 0 Å². The maximum Gasteiger partial charge on any atom is 0.125 e. The van der Waals surface area contributed by atoms with Gasteiger partial charge in [-0.25, -0.2) is 9.97 Å². The van der Waals surface area contributed by atoms with Gasteiger partial charge in [-0.1, -0.05) is 0 Å². The van der Waals surface area contributed by atoms with Gasteiger partial charge in [-0.3, -0.25) is 0 Å². The first-order valence-corrected chi connectivity index (χ1v) is 4.97. The van der Waals surface area contributed by atoms with Crippen molar-refractivity contribution in [2.45, 2.75) is 6.54 Å². The van der Waals surface area contributed by atoms with Gasteiger partial charge in [0.25, 0.3) is 0 Å². The van der Waals surface area contributed by atoms with Crippen LogP contribution in [0.15, 0.2) is 35.3 Å². The summed E-state index contributed by atoms with van der Waals surface area (Å²) in [7, 11) is 0. The van der Waals surface area contributed by atoms with E-state index in [1.807, 2.05) is 12.1 Å². The van der Waals surface area contributed by atoms with Gasteiger partial charge < -0.3 is 10.3 Å². The summed E-state index contributed by atoms with van der Waals surface area (Å²) in [6.07, 6.45) is 5.31. The zero-order chi connectivity index (χ0) is 9.80. The maximum atomic E-state index is 4.10. The van der Waals surface area contributed by atoms with Crippen molar-refractivity contribution < 1.29 is 0 Å². The fourth-order valence-corrected chi connectivity index (χ4v) is 1.30. The Morgan fingerprint density at radius 3 is 2.93 bits per heavy atom. The average Bonchev–Trinajstić information content (AvgIpc) is 2.70. The van der Waals surface area contributed by atoms with Crippen LogP contribution in [0, 0.1) is 0 Å². The van der Waals surface area contributed by atoms with E-state index in [4.69, 9.17) is 0 Å². The summed E-state index contributed by atoms with van der Waals surface area (Å²) in [5.41, 5.74) is 0.976. The summed E-state index contributed by atoms with van der Waals surface area (Å²) < 4.78 is 0.834. The zero-order valence-electron chi connectivity index (χ0n) is 7.37. The Balaban J connectivity index is 1.95. The van der Waals surface area contributed by atoms with Crippen LogP contribution in [0.2, 0.25) is 0 Å². The largest absolute Gasteiger partial charge is 0.377 e.